The number of nitrogens with one attached hydrogen (secondary N) is 2. The van der Waals surface area contributed by atoms with Crippen LogP contribution in [0.25, 0.3) is 0 Å². The number of benzene rings is 1. The smallest absolute Gasteiger partial charge is 0.225 e. The Morgan fingerprint density at radius 1 is 1.17 bits per heavy atom. The Morgan fingerprint density at radius 3 is 2.45 bits per heavy atom. The van der Waals surface area contributed by atoms with E-state index in [0.29, 0.717) is 31.0 Å². The number of anilines is 1. The van der Waals surface area contributed by atoms with Crippen LogP contribution in [0.3, 0.4) is 0 Å². The Balaban J connectivity index is 0.00000240. The van der Waals surface area contributed by atoms with E-state index in [4.69, 9.17) is 5.10 Å². The molecule has 3 heterocycles. The number of hydrogen-bond acceptors (Lipinski definition) is 3. The fourth-order valence-corrected chi connectivity index (χ4v) is 4.56. The van der Waals surface area contributed by atoms with Crippen molar-refractivity contribution in [2.45, 2.75) is 76.9 Å². The predicted octanol–water partition coefficient (Wildman–Crippen LogP) is 4.51. The minimum absolute atomic E-state index is 0. The quantitative estimate of drug-likeness (QED) is 0.753. The third-order valence-electron chi connectivity index (χ3n) is 6.04. The van der Waals surface area contributed by atoms with E-state index in [9.17, 15) is 4.79 Å². The Bertz CT molecular complexity index is 815. The van der Waals surface area contributed by atoms with Crippen molar-refractivity contribution < 1.29 is 4.79 Å². The van der Waals surface area contributed by atoms with Gasteiger partial charge in [-0.15, -0.1) is 12.4 Å². The van der Waals surface area contributed by atoms with Gasteiger partial charge in [0.1, 0.15) is 5.82 Å². The van der Waals surface area contributed by atoms with Crippen molar-refractivity contribution in [1.82, 2.24) is 15.1 Å². The van der Waals surface area contributed by atoms with Gasteiger partial charge in [0, 0.05) is 30.0 Å². The molecule has 2 atom stereocenters. The summed E-state index contributed by atoms with van der Waals surface area (Å²) in [6.45, 7) is 7.11. The van der Waals surface area contributed by atoms with E-state index in [0.717, 1.165) is 24.4 Å². The van der Waals surface area contributed by atoms with Gasteiger partial charge in [-0.3, -0.25) is 4.79 Å². The molecule has 2 unspecified atom stereocenters. The average Bonchev–Trinajstić information content (AvgIpc) is 3.18. The van der Waals surface area contributed by atoms with Crippen LogP contribution in [0.5, 0.6) is 0 Å². The van der Waals surface area contributed by atoms with E-state index in [1.807, 2.05) is 28.9 Å². The number of carbonyl (C=O) groups excluding carboxylic acids is 1. The lowest BCUT2D eigenvalue weighted by Crippen LogP contribution is -2.39. The number of carbonyl (C=O) groups is 1. The van der Waals surface area contributed by atoms with Crippen LogP contribution in [0.1, 0.15) is 64.1 Å². The summed E-state index contributed by atoms with van der Waals surface area (Å²) < 4.78 is 1.93. The molecule has 0 aliphatic carbocycles. The molecule has 2 saturated heterocycles. The van der Waals surface area contributed by atoms with Crippen molar-refractivity contribution in [1.29, 1.82) is 0 Å². The Kier molecular flexibility index (Phi) is 6.69. The molecule has 29 heavy (non-hydrogen) atoms. The first-order valence-electron chi connectivity index (χ1n) is 10.5. The first-order chi connectivity index (χ1) is 13.4. The normalized spacial score (nSPS) is 23.5. The monoisotopic (exact) mass is 416 g/mol. The maximum atomic E-state index is 12.8. The summed E-state index contributed by atoms with van der Waals surface area (Å²) in [6.07, 6.45) is 5.39. The zero-order chi connectivity index (χ0) is 19.7. The topological polar surface area (TPSA) is 59.0 Å². The standard InChI is InChI=1S/C23H32N4O.ClH/c1-23(2,3)20-14-21(27(26-20)15-16-7-5-4-6-8-16)25-22(28)13-17-11-18-9-10-19(12-17)24-18;/h4-8,14,17-19,24H,9-13,15H2,1-3H3,(H,25,28);1H. The Morgan fingerprint density at radius 2 is 1.83 bits per heavy atom. The fourth-order valence-electron chi connectivity index (χ4n) is 4.56. The highest BCUT2D eigenvalue weighted by Gasteiger charge is 2.34. The van der Waals surface area contributed by atoms with E-state index in [1.54, 1.807) is 0 Å². The van der Waals surface area contributed by atoms with E-state index < -0.39 is 0 Å². The second-order valence-electron chi connectivity index (χ2n) is 9.54. The van der Waals surface area contributed by atoms with Crippen LogP contribution in [0, 0.1) is 5.92 Å². The highest BCUT2D eigenvalue weighted by molar-refractivity contribution is 5.90. The summed E-state index contributed by atoms with van der Waals surface area (Å²) in [6, 6.07) is 13.5. The number of hydrogen-bond donors (Lipinski definition) is 2. The number of piperidine rings is 1. The highest BCUT2D eigenvalue weighted by atomic mass is 35.5. The lowest BCUT2D eigenvalue weighted by atomic mass is 9.89. The molecule has 2 aromatic rings. The molecule has 5 nitrogen and oxygen atoms in total. The molecule has 1 aromatic heterocycles. The van der Waals surface area contributed by atoms with Gasteiger partial charge < -0.3 is 10.6 Å². The number of nitrogens with zero attached hydrogens (tertiary/aromatic N) is 2. The molecule has 1 aromatic carbocycles. The molecule has 2 fully saturated rings. The van der Waals surface area contributed by atoms with Gasteiger partial charge in [0.05, 0.1) is 12.2 Å². The van der Waals surface area contributed by atoms with Gasteiger partial charge in [0.2, 0.25) is 5.91 Å². The van der Waals surface area contributed by atoms with Crippen molar-refractivity contribution >= 4 is 24.1 Å². The number of rotatable bonds is 5. The second kappa shape index (κ2) is 8.88. The molecule has 4 rings (SSSR count). The molecule has 2 bridgehead atoms. The zero-order valence-electron chi connectivity index (χ0n) is 17.6. The molecule has 2 N–H and O–H groups in total. The van der Waals surface area contributed by atoms with Crippen LogP contribution in [0.15, 0.2) is 36.4 Å². The van der Waals surface area contributed by atoms with E-state index in [1.165, 1.54) is 18.4 Å². The molecule has 0 saturated carbocycles. The summed E-state index contributed by atoms with van der Waals surface area (Å²) >= 11 is 0. The van der Waals surface area contributed by atoms with Crippen molar-refractivity contribution in [3.63, 3.8) is 0 Å². The van der Waals surface area contributed by atoms with Gasteiger partial charge >= 0.3 is 0 Å². The molecule has 2 aliphatic rings. The van der Waals surface area contributed by atoms with Crippen LogP contribution in [0.2, 0.25) is 0 Å². The minimum Gasteiger partial charge on any atom is -0.311 e. The van der Waals surface area contributed by atoms with Gasteiger partial charge in [-0.25, -0.2) is 4.68 Å². The average molecular weight is 417 g/mol. The molecule has 1 amide bonds. The number of fused-ring (bicyclic) bond motifs is 2. The van der Waals surface area contributed by atoms with Crippen LogP contribution < -0.4 is 10.6 Å². The number of aromatic nitrogens is 2. The van der Waals surface area contributed by atoms with Gasteiger partial charge in [-0.1, -0.05) is 51.1 Å². The van der Waals surface area contributed by atoms with Crippen LogP contribution in [-0.4, -0.2) is 27.8 Å². The predicted molar refractivity (Wildman–Crippen MR) is 120 cm³/mol. The SMILES string of the molecule is CC(C)(C)c1cc(NC(=O)CC2CC3CCC(C2)N3)n(Cc2ccccc2)n1.Cl. The molecule has 0 radical (unpaired) electrons. The summed E-state index contributed by atoms with van der Waals surface area (Å²) in [4.78, 5) is 12.8. The van der Waals surface area contributed by atoms with Gasteiger partial charge in [-0.05, 0) is 37.2 Å². The summed E-state index contributed by atoms with van der Waals surface area (Å²) in [5.74, 6) is 1.41. The summed E-state index contributed by atoms with van der Waals surface area (Å²) in [5, 5.41) is 11.6. The van der Waals surface area contributed by atoms with Crippen LogP contribution in [-0.2, 0) is 16.8 Å². The van der Waals surface area contributed by atoms with E-state index in [-0.39, 0.29) is 23.7 Å². The van der Waals surface area contributed by atoms with Crippen molar-refractivity contribution in [3.8, 4) is 0 Å². The number of halogens is 1. The largest absolute Gasteiger partial charge is 0.311 e. The van der Waals surface area contributed by atoms with Crippen molar-refractivity contribution in [2.75, 3.05) is 5.32 Å². The van der Waals surface area contributed by atoms with Crippen molar-refractivity contribution in [2.24, 2.45) is 5.92 Å². The maximum Gasteiger partial charge on any atom is 0.225 e. The van der Waals surface area contributed by atoms with Gasteiger partial charge in [-0.2, -0.15) is 5.10 Å². The second-order valence-corrected chi connectivity index (χ2v) is 9.54. The first-order valence-corrected chi connectivity index (χ1v) is 10.5. The highest BCUT2D eigenvalue weighted by Crippen LogP contribution is 2.33. The van der Waals surface area contributed by atoms with Crippen LogP contribution >= 0.6 is 12.4 Å². The number of amides is 1. The third-order valence-corrected chi connectivity index (χ3v) is 6.04. The lowest BCUT2D eigenvalue weighted by Gasteiger charge is -2.28. The van der Waals surface area contributed by atoms with Crippen LogP contribution in [0.4, 0.5) is 5.82 Å². The molecule has 158 valence electrons. The third kappa shape index (κ3) is 5.40. The molecular formula is C23H33ClN4O. The molecule has 2 aliphatic heterocycles. The zero-order valence-corrected chi connectivity index (χ0v) is 18.5. The maximum absolute atomic E-state index is 12.8. The Hall–Kier alpha value is -1.85. The molecule has 6 heteroatoms. The van der Waals surface area contributed by atoms with Gasteiger partial charge in [0.15, 0.2) is 0 Å². The van der Waals surface area contributed by atoms with Gasteiger partial charge in [0.25, 0.3) is 0 Å². The summed E-state index contributed by atoms with van der Waals surface area (Å²) in [5.41, 5.74) is 2.12. The minimum atomic E-state index is -0.0599. The molecular weight excluding hydrogens is 384 g/mol. The molecule has 0 spiro atoms. The van der Waals surface area contributed by atoms with Crippen molar-refractivity contribution in [3.05, 3.63) is 47.7 Å². The Labute approximate surface area is 180 Å². The first kappa shape index (κ1) is 21.8. The summed E-state index contributed by atoms with van der Waals surface area (Å²) in [7, 11) is 0. The fraction of sp³-hybridized carbons (Fsp3) is 0.565. The lowest BCUT2D eigenvalue weighted by molar-refractivity contribution is -0.117. The van der Waals surface area contributed by atoms with E-state index >= 15 is 0 Å². The van der Waals surface area contributed by atoms with E-state index in [2.05, 4.69) is 43.5 Å².